The fourth-order valence-corrected chi connectivity index (χ4v) is 5.46. The van der Waals surface area contributed by atoms with Gasteiger partial charge in [0.15, 0.2) is 0 Å². The van der Waals surface area contributed by atoms with Gasteiger partial charge in [-0.25, -0.2) is 4.67 Å². The van der Waals surface area contributed by atoms with Crippen molar-refractivity contribution < 1.29 is 23.4 Å². The molecule has 1 saturated heterocycles. The molecule has 0 saturated carbocycles. The van der Waals surface area contributed by atoms with Crippen LogP contribution in [0.3, 0.4) is 0 Å². The molecule has 2 atom stereocenters. The predicted molar refractivity (Wildman–Crippen MR) is 97.5 cm³/mol. The van der Waals surface area contributed by atoms with Crippen LogP contribution in [-0.4, -0.2) is 43.5 Å². The van der Waals surface area contributed by atoms with Crippen molar-refractivity contribution in [3.63, 3.8) is 0 Å². The lowest BCUT2D eigenvalue weighted by molar-refractivity contribution is -0.148. The van der Waals surface area contributed by atoms with Crippen molar-refractivity contribution in [2.45, 2.75) is 45.6 Å². The summed E-state index contributed by atoms with van der Waals surface area (Å²) in [7, 11) is -1.72. The van der Waals surface area contributed by atoms with Gasteiger partial charge < -0.3 is 14.0 Å². The van der Waals surface area contributed by atoms with E-state index in [-0.39, 0.29) is 5.97 Å². The second kappa shape index (κ2) is 9.37. The van der Waals surface area contributed by atoms with Crippen LogP contribution in [0.4, 0.5) is 0 Å². The van der Waals surface area contributed by atoms with Gasteiger partial charge in [0, 0.05) is 6.54 Å². The van der Waals surface area contributed by atoms with Crippen LogP contribution in [0.15, 0.2) is 24.3 Å². The number of rotatable bonds is 8. The first-order valence-corrected chi connectivity index (χ1v) is 10.5. The van der Waals surface area contributed by atoms with E-state index in [0.29, 0.717) is 37.2 Å². The summed E-state index contributed by atoms with van der Waals surface area (Å²) in [4.78, 5) is 12.5. The van der Waals surface area contributed by atoms with Crippen molar-refractivity contribution in [3.05, 3.63) is 24.3 Å². The molecule has 1 fully saturated rings. The molecule has 1 aromatic carbocycles. The summed E-state index contributed by atoms with van der Waals surface area (Å²) in [6, 6.07) is 6.47. The van der Waals surface area contributed by atoms with Gasteiger partial charge in [-0.15, -0.1) is 0 Å². The standard InChI is InChI=1S/C18H28NO5P/c1-4-6-8-17(18(20)23-5-2)19-13-7-14-24-25(19,21)16-11-9-15(22-3)10-12-16/h9-12,17H,4-8,13-14H2,1-3H3. The Labute approximate surface area is 149 Å². The van der Waals surface area contributed by atoms with E-state index in [1.807, 2.05) is 0 Å². The fraction of sp³-hybridized carbons (Fsp3) is 0.611. The van der Waals surface area contributed by atoms with E-state index in [1.165, 1.54) is 0 Å². The van der Waals surface area contributed by atoms with Crippen LogP contribution in [-0.2, 0) is 18.6 Å². The summed E-state index contributed by atoms with van der Waals surface area (Å²) in [5.41, 5.74) is 0. The number of carbonyl (C=O) groups excluding carboxylic acids is 1. The van der Waals surface area contributed by atoms with Gasteiger partial charge in [-0.3, -0.25) is 9.36 Å². The second-order valence-corrected chi connectivity index (χ2v) is 8.31. The van der Waals surface area contributed by atoms with Gasteiger partial charge in [-0.05, 0) is 44.0 Å². The minimum absolute atomic E-state index is 0.309. The SMILES string of the molecule is CCCCC(C(=O)OCC)N1CCCOP1(=O)c1ccc(OC)cc1. The summed E-state index contributed by atoms with van der Waals surface area (Å²) in [6.07, 6.45) is 3.17. The second-order valence-electron chi connectivity index (χ2n) is 5.98. The van der Waals surface area contributed by atoms with Gasteiger partial charge in [0.05, 0.1) is 25.6 Å². The molecule has 0 N–H and O–H groups in total. The van der Waals surface area contributed by atoms with Crippen LogP contribution >= 0.6 is 7.52 Å². The average Bonchev–Trinajstić information content (AvgIpc) is 2.63. The summed E-state index contributed by atoms with van der Waals surface area (Å²) in [6.45, 7) is 5.13. The molecule has 6 nitrogen and oxygen atoms in total. The number of methoxy groups -OCH3 is 1. The van der Waals surface area contributed by atoms with Crippen molar-refractivity contribution in [1.29, 1.82) is 0 Å². The van der Waals surface area contributed by atoms with Gasteiger partial charge in [0.2, 0.25) is 0 Å². The molecule has 7 heteroatoms. The van der Waals surface area contributed by atoms with Crippen molar-refractivity contribution in [3.8, 4) is 5.75 Å². The Morgan fingerprint density at radius 2 is 2.04 bits per heavy atom. The summed E-state index contributed by atoms with van der Waals surface area (Å²) in [5.74, 6) is 0.363. The third-order valence-corrected chi connectivity index (χ3v) is 6.92. The van der Waals surface area contributed by atoms with Gasteiger partial charge in [-0.1, -0.05) is 19.8 Å². The molecular weight excluding hydrogens is 341 g/mol. The minimum atomic E-state index is -3.30. The van der Waals surface area contributed by atoms with Gasteiger partial charge in [0.1, 0.15) is 11.8 Å². The zero-order chi connectivity index (χ0) is 18.3. The molecule has 1 heterocycles. The first-order valence-electron chi connectivity index (χ1n) is 8.89. The first-order chi connectivity index (χ1) is 12.1. The van der Waals surface area contributed by atoms with Crippen molar-refractivity contribution >= 4 is 18.8 Å². The quantitative estimate of drug-likeness (QED) is 0.517. The number of esters is 1. The van der Waals surface area contributed by atoms with Crippen molar-refractivity contribution in [2.24, 2.45) is 0 Å². The topological polar surface area (TPSA) is 65.1 Å². The van der Waals surface area contributed by atoms with Crippen LogP contribution < -0.4 is 10.0 Å². The normalized spacial score (nSPS) is 22.4. The van der Waals surface area contributed by atoms with Crippen molar-refractivity contribution in [2.75, 3.05) is 26.9 Å². The number of unbranched alkanes of at least 4 members (excludes halogenated alkanes) is 1. The molecule has 0 radical (unpaired) electrons. The first kappa shape index (κ1) is 20.0. The smallest absolute Gasteiger partial charge is 0.323 e. The molecule has 1 aliphatic heterocycles. The number of hydrogen-bond donors (Lipinski definition) is 0. The minimum Gasteiger partial charge on any atom is -0.497 e. The Morgan fingerprint density at radius 3 is 2.64 bits per heavy atom. The highest BCUT2D eigenvalue weighted by molar-refractivity contribution is 7.64. The Balaban J connectivity index is 2.34. The molecule has 0 amide bonds. The van der Waals surface area contributed by atoms with Crippen molar-refractivity contribution in [1.82, 2.24) is 4.67 Å². The number of nitrogens with zero attached hydrogens (tertiary/aromatic N) is 1. The lowest BCUT2D eigenvalue weighted by atomic mass is 10.1. The Hall–Kier alpha value is -1.36. The molecular formula is C18H28NO5P. The van der Waals surface area contributed by atoms with Crippen LogP contribution in [0.2, 0.25) is 0 Å². The van der Waals surface area contributed by atoms with E-state index in [0.717, 1.165) is 19.3 Å². The van der Waals surface area contributed by atoms with Gasteiger partial charge >= 0.3 is 13.5 Å². The molecule has 2 rings (SSSR count). The summed E-state index contributed by atoms with van der Waals surface area (Å²) < 4.78 is 31.6. The largest absolute Gasteiger partial charge is 0.497 e. The Kier molecular flexibility index (Phi) is 7.48. The van der Waals surface area contributed by atoms with Crippen LogP contribution in [0.1, 0.15) is 39.5 Å². The Morgan fingerprint density at radius 1 is 1.32 bits per heavy atom. The van der Waals surface area contributed by atoms with E-state index < -0.39 is 13.6 Å². The van der Waals surface area contributed by atoms with E-state index in [4.69, 9.17) is 14.0 Å². The average molecular weight is 369 g/mol. The Bertz CT molecular complexity index is 604. The monoisotopic (exact) mass is 369 g/mol. The molecule has 140 valence electrons. The molecule has 0 aliphatic carbocycles. The lowest BCUT2D eigenvalue weighted by Crippen LogP contribution is -2.45. The maximum Gasteiger partial charge on any atom is 0.323 e. The van der Waals surface area contributed by atoms with Gasteiger partial charge in [0.25, 0.3) is 0 Å². The number of hydrogen-bond acceptors (Lipinski definition) is 5. The molecule has 0 bridgehead atoms. The molecule has 0 spiro atoms. The summed E-state index contributed by atoms with van der Waals surface area (Å²) >= 11 is 0. The highest BCUT2D eigenvalue weighted by Crippen LogP contribution is 2.54. The molecule has 2 unspecified atom stereocenters. The number of carbonyl (C=O) groups is 1. The summed E-state index contributed by atoms with van der Waals surface area (Å²) in [5, 5.41) is 0.582. The third-order valence-electron chi connectivity index (χ3n) is 4.28. The van der Waals surface area contributed by atoms with E-state index >= 15 is 0 Å². The third kappa shape index (κ3) is 4.63. The van der Waals surface area contributed by atoms with Crippen LogP contribution in [0, 0.1) is 0 Å². The van der Waals surface area contributed by atoms with Crippen LogP contribution in [0.25, 0.3) is 0 Å². The molecule has 1 aromatic rings. The predicted octanol–water partition coefficient (Wildman–Crippen LogP) is 3.36. The van der Waals surface area contributed by atoms with Gasteiger partial charge in [-0.2, -0.15) is 0 Å². The highest BCUT2D eigenvalue weighted by atomic mass is 31.2. The number of ether oxygens (including phenoxy) is 2. The van der Waals surface area contributed by atoms with E-state index in [9.17, 15) is 9.36 Å². The molecule has 0 aromatic heterocycles. The zero-order valence-electron chi connectivity index (χ0n) is 15.3. The van der Waals surface area contributed by atoms with E-state index in [2.05, 4.69) is 6.92 Å². The molecule has 1 aliphatic rings. The highest BCUT2D eigenvalue weighted by Gasteiger charge is 2.43. The van der Waals surface area contributed by atoms with Crippen LogP contribution in [0.5, 0.6) is 5.75 Å². The lowest BCUT2D eigenvalue weighted by Gasteiger charge is -2.39. The molecule has 25 heavy (non-hydrogen) atoms. The fourth-order valence-electron chi connectivity index (χ4n) is 2.98. The maximum atomic E-state index is 13.7. The zero-order valence-corrected chi connectivity index (χ0v) is 16.2. The van der Waals surface area contributed by atoms with E-state index in [1.54, 1.807) is 43.0 Å². The maximum absolute atomic E-state index is 13.7. The number of benzene rings is 1.